The normalized spacial score (nSPS) is 13.3. The zero-order valence-corrected chi connectivity index (χ0v) is 44.8. The molecule has 5 heterocycles. The molecule has 16 nitrogen and oxygen atoms in total. The highest BCUT2D eigenvalue weighted by molar-refractivity contribution is 7.96. The van der Waals surface area contributed by atoms with Crippen molar-refractivity contribution in [1.82, 2.24) is 38.9 Å². The summed E-state index contributed by atoms with van der Waals surface area (Å²) in [5, 5.41) is 0.746. The van der Waals surface area contributed by atoms with Crippen LogP contribution in [-0.4, -0.2) is 95.5 Å². The third-order valence-electron chi connectivity index (χ3n) is 12.9. The second kappa shape index (κ2) is 19.1. The van der Waals surface area contributed by atoms with Crippen molar-refractivity contribution < 1.29 is 33.7 Å². The van der Waals surface area contributed by atoms with Crippen molar-refractivity contribution in [3.8, 4) is 45.6 Å². The summed E-state index contributed by atoms with van der Waals surface area (Å²) >= 11 is 0. The van der Waals surface area contributed by atoms with Gasteiger partial charge in [-0.05, 0) is 55.4 Å². The molecular formula is C52H58N8O8S4. The summed E-state index contributed by atoms with van der Waals surface area (Å²) in [6, 6.07) is 22.4. The Kier molecular flexibility index (Phi) is 13.5. The van der Waals surface area contributed by atoms with Gasteiger partial charge in [-0.15, -0.1) is 0 Å². The van der Waals surface area contributed by atoms with Crippen molar-refractivity contribution in [1.29, 1.82) is 0 Å². The molecule has 7 aromatic rings. The SMILES string of the molecule is CC(C)CCS(=O)(=O)c1cc2c3nc4nc(nc5c6ccccc6c(nc6nc(nc([nH]3)c2c(S(=O)(=O)CCC(C)C)c1S(=O)(=O)CCC(C)C)-c1ccccc1-6)n5S(=O)(=O)CCC(C)C)-c1ccccc1-4. The average Bonchev–Trinajstić information content (AvgIpc) is 4.05. The molecule has 4 aromatic carbocycles. The van der Waals surface area contributed by atoms with Crippen molar-refractivity contribution in [3.63, 3.8) is 0 Å². The lowest BCUT2D eigenvalue weighted by atomic mass is 10.1. The molecule has 0 atom stereocenters. The molecule has 2 aliphatic rings. The van der Waals surface area contributed by atoms with E-state index < -0.39 is 71.5 Å². The van der Waals surface area contributed by atoms with Crippen LogP contribution in [0.2, 0.25) is 0 Å². The summed E-state index contributed by atoms with van der Waals surface area (Å²) in [6.07, 6.45) is 0.775. The van der Waals surface area contributed by atoms with Crippen LogP contribution < -0.4 is 0 Å². The number of aromatic nitrogens is 8. The van der Waals surface area contributed by atoms with Crippen LogP contribution in [0.15, 0.2) is 93.5 Å². The molecule has 0 radical (unpaired) electrons. The summed E-state index contributed by atoms with van der Waals surface area (Å²) < 4.78 is 121. The van der Waals surface area contributed by atoms with Crippen molar-refractivity contribution in [2.24, 2.45) is 23.7 Å². The predicted octanol–water partition coefficient (Wildman–Crippen LogP) is 10.0. The fourth-order valence-corrected chi connectivity index (χ4v) is 17.5. The minimum absolute atomic E-state index is 0.0289. The Morgan fingerprint density at radius 3 is 1.25 bits per heavy atom. The smallest absolute Gasteiger partial charge is 0.241 e. The van der Waals surface area contributed by atoms with E-state index in [9.17, 15) is 16.8 Å². The number of nitrogens with zero attached hydrogens (tertiary/aromatic N) is 7. The Morgan fingerprint density at radius 1 is 0.431 bits per heavy atom. The standard InChI is InChI=1S/C52H58N8O8S4/c1-30(2)21-25-69(61,62)41-29-40-42(44(71(65,66)27-23-32(5)6)43(41)70(63,64)26-22-31(3)4)50-56-46-35-16-10-12-18-37(35)48(54-46)59-52-39-20-14-13-19-38(39)51(60(52)72(67,68)28-24-33(7)8)58-47-36-17-11-9-15-34(36)45(53-47)55-49(40)57-50/h9-20,29-33H,21-28H2,1-8H3,(H,53,54,55,56,57,58,59). The molecule has 0 unspecified atom stereocenters. The fraction of sp³-hybridized carbons (Fsp3) is 0.385. The lowest BCUT2D eigenvalue weighted by Crippen LogP contribution is -2.21. The van der Waals surface area contributed by atoms with Gasteiger partial charge in [0.1, 0.15) is 16.2 Å². The zero-order chi connectivity index (χ0) is 51.7. The van der Waals surface area contributed by atoms with E-state index in [1.807, 2.05) is 55.4 Å². The van der Waals surface area contributed by atoms with Crippen LogP contribution in [-0.2, 0) is 39.5 Å². The minimum atomic E-state index is -4.67. The first kappa shape index (κ1) is 51.0. The highest BCUT2D eigenvalue weighted by atomic mass is 32.2. The number of hydrogen-bond donors (Lipinski definition) is 1. The number of hydrogen-bond acceptors (Lipinski definition) is 14. The number of nitrogens with one attached hydrogen (secondary N) is 1. The van der Waals surface area contributed by atoms with Gasteiger partial charge in [0, 0.05) is 43.8 Å². The van der Waals surface area contributed by atoms with Gasteiger partial charge in [0.05, 0.1) is 32.8 Å². The quantitative estimate of drug-likeness (QED) is 0.0948. The first-order valence-electron chi connectivity index (χ1n) is 24.2. The van der Waals surface area contributed by atoms with E-state index in [-0.39, 0.29) is 105 Å². The van der Waals surface area contributed by atoms with E-state index in [4.69, 9.17) is 29.9 Å². The second-order valence-electron chi connectivity index (χ2n) is 20.3. The predicted molar refractivity (Wildman–Crippen MR) is 283 cm³/mol. The van der Waals surface area contributed by atoms with Crippen LogP contribution >= 0.6 is 0 Å². The van der Waals surface area contributed by atoms with E-state index in [1.54, 1.807) is 72.8 Å². The largest absolute Gasteiger partial charge is 0.324 e. The van der Waals surface area contributed by atoms with E-state index in [1.165, 1.54) is 6.07 Å². The Balaban J connectivity index is 1.55. The van der Waals surface area contributed by atoms with Crippen molar-refractivity contribution in [2.75, 3.05) is 23.0 Å². The molecule has 0 saturated carbocycles. The van der Waals surface area contributed by atoms with Gasteiger partial charge >= 0.3 is 0 Å². The van der Waals surface area contributed by atoms with Crippen LogP contribution in [0.3, 0.4) is 0 Å². The van der Waals surface area contributed by atoms with Crippen molar-refractivity contribution >= 4 is 83.7 Å². The van der Waals surface area contributed by atoms with Gasteiger partial charge < -0.3 is 4.98 Å². The van der Waals surface area contributed by atoms with Crippen LogP contribution in [0, 0.1) is 23.7 Å². The molecule has 1 N–H and O–H groups in total. The lowest BCUT2D eigenvalue weighted by Gasteiger charge is -2.19. The number of rotatable bonds is 16. The molecule has 9 rings (SSSR count). The Bertz CT molecular complexity index is 3980. The maximum Gasteiger partial charge on any atom is 0.241 e. The molecule has 8 bridgehead atoms. The van der Waals surface area contributed by atoms with Crippen LogP contribution in [0.1, 0.15) is 81.1 Å². The zero-order valence-electron chi connectivity index (χ0n) is 41.5. The molecule has 0 aliphatic carbocycles. The molecule has 3 aromatic heterocycles. The van der Waals surface area contributed by atoms with Gasteiger partial charge in [-0.1, -0.05) is 128 Å². The molecule has 0 saturated heterocycles. The number of H-pyrrole nitrogens is 1. The topological polar surface area (TPSA) is 235 Å². The molecule has 20 heteroatoms. The van der Waals surface area contributed by atoms with Gasteiger partial charge in [0.2, 0.25) is 10.0 Å². The lowest BCUT2D eigenvalue weighted by molar-refractivity contribution is 0.556. The monoisotopic (exact) mass is 1050 g/mol. The van der Waals surface area contributed by atoms with E-state index in [0.717, 1.165) is 3.97 Å². The Labute approximate surface area is 420 Å². The second-order valence-corrected chi connectivity index (χ2v) is 28.4. The molecular weight excluding hydrogens is 993 g/mol. The van der Waals surface area contributed by atoms with Crippen molar-refractivity contribution in [2.45, 2.75) is 95.8 Å². The number of benzene rings is 4. The van der Waals surface area contributed by atoms with Gasteiger partial charge in [0.25, 0.3) is 0 Å². The maximum absolute atomic E-state index is 15.3. The summed E-state index contributed by atoms with van der Waals surface area (Å²) in [6.45, 7) is 14.9. The summed E-state index contributed by atoms with van der Waals surface area (Å²) in [4.78, 5) is 31.1. The molecule has 0 amide bonds. The van der Waals surface area contributed by atoms with Crippen LogP contribution in [0.4, 0.5) is 0 Å². The maximum atomic E-state index is 15.3. The Hall–Kier alpha value is -5.96. The number of aromatic amines is 1. The molecule has 378 valence electrons. The van der Waals surface area contributed by atoms with Gasteiger partial charge in [0.15, 0.2) is 64.1 Å². The van der Waals surface area contributed by atoms with E-state index in [0.29, 0.717) is 39.4 Å². The summed E-state index contributed by atoms with van der Waals surface area (Å²) in [5.41, 5.74) is 1.78. The molecule has 0 spiro atoms. The number of fused-ring (bicyclic) bond motifs is 20. The van der Waals surface area contributed by atoms with Crippen LogP contribution in [0.5, 0.6) is 0 Å². The highest BCUT2D eigenvalue weighted by Gasteiger charge is 2.38. The van der Waals surface area contributed by atoms with Gasteiger partial charge in [-0.25, -0.2) is 67.5 Å². The summed E-state index contributed by atoms with van der Waals surface area (Å²) in [5.74, 6) is -1.71. The first-order valence-corrected chi connectivity index (χ1v) is 30.8. The van der Waals surface area contributed by atoms with E-state index in [2.05, 4.69) is 4.98 Å². The first-order chi connectivity index (χ1) is 34.0. The third kappa shape index (κ3) is 9.57. The van der Waals surface area contributed by atoms with Crippen molar-refractivity contribution in [3.05, 3.63) is 78.9 Å². The third-order valence-corrected chi connectivity index (χ3v) is 20.2. The Morgan fingerprint density at radius 2 is 0.806 bits per heavy atom. The molecule has 0 fully saturated rings. The van der Waals surface area contributed by atoms with Gasteiger partial charge in [-0.3, -0.25) is 0 Å². The minimum Gasteiger partial charge on any atom is -0.324 e. The molecule has 72 heavy (non-hydrogen) atoms. The average molecular weight is 1050 g/mol. The molecule has 2 aliphatic heterocycles. The fourth-order valence-electron chi connectivity index (χ4n) is 8.85. The van der Waals surface area contributed by atoms with E-state index >= 15 is 16.8 Å². The number of sulfone groups is 3. The summed E-state index contributed by atoms with van der Waals surface area (Å²) in [7, 11) is -18.0. The highest BCUT2D eigenvalue weighted by Crippen LogP contribution is 2.43. The van der Waals surface area contributed by atoms with Gasteiger partial charge in [-0.2, -0.15) is 0 Å². The van der Waals surface area contributed by atoms with Crippen LogP contribution in [0.25, 0.3) is 89.7 Å².